The number of ether oxygens (including phenoxy) is 1. The fourth-order valence-corrected chi connectivity index (χ4v) is 2.47. The molecule has 2 atom stereocenters. The third kappa shape index (κ3) is 3.25. The summed E-state index contributed by atoms with van der Waals surface area (Å²) in [5.74, 6) is -0.589. The lowest BCUT2D eigenvalue weighted by Crippen LogP contribution is -2.30. The highest BCUT2D eigenvalue weighted by molar-refractivity contribution is 5.52. The second-order valence-electron chi connectivity index (χ2n) is 5.00. The van der Waals surface area contributed by atoms with Gasteiger partial charge in [0.25, 0.3) is 0 Å². The SMILES string of the molecule is CO.Oc1cc(O)c2c(c1)O[C@H](c1ccc(O)c(O)c1)[C@H](O)C2. The summed E-state index contributed by atoms with van der Waals surface area (Å²) in [7, 11) is 1.00. The standard InChI is InChI=1S/C15H14O6.CH4O/c16-8-4-11(18)9-6-13(20)15(21-14(9)5-8)7-1-2-10(17)12(19)3-7;1-2/h1-5,13,15-20H,6H2;2H,1H3/t13-,15-;/m1./s1. The lowest BCUT2D eigenvalue weighted by atomic mass is 9.94. The van der Waals surface area contributed by atoms with Crippen LogP contribution in [-0.2, 0) is 6.42 Å². The fourth-order valence-electron chi connectivity index (χ4n) is 2.47. The Balaban J connectivity index is 0.000000924. The van der Waals surface area contributed by atoms with E-state index in [1.54, 1.807) is 0 Å². The molecule has 2 aromatic carbocycles. The molecule has 0 unspecified atom stereocenters. The van der Waals surface area contributed by atoms with Crippen LogP contribution >= 0.6 is 0 Å². The second kappa shape index (κ2) is 6.64. The molecule has 0 amide bonds. The first-order chi connectivity index (χ1) is 11.0. The first-order valence-corrected chi connectivity index (χ1v) is 6.82. The number of aliphatic hydroxyl groups is 2. The third-order valence-corrected chi connectivity index (χ3v) is 3.51. The molecule has 124 valence electrons. The molecule has 23 heavy (non-hydrogen) atoms. The molecule has 3 rings (SSSR count). The summed E-state index contributed by atoms with van der Waals surface area (Å²) in [6.45, 7) is 0. The molecule has 1 aliphatic heterocycles. The number of rotatable bonds is 1. The summed E-state index contributed by atoms with van der Waals surface area (Å²) < 4.78 is 5.62. The van der Waals surface area contributed by atoms with Gasteiger partial charge >= 0.3 is 0 Å². The summed E-state index contributed by atoms with van der Waals surface area (Å²) in [4.78, 5) is 0. The highest BCUT2D eigenvalue weighted by atomic mass is 16.5. The Morgan fingerprint density at radius 3 is 2.26 bits per heavy atom. The Labute approximate surface area is 132 Å². The van der Waals surface area contributed by atoms with Crippen LogP contribution in [0, 0.1) is 0 Å². The van der Waals surface area contributed by atoms with E-state index in [9.17, 15) is 25.5 Å². The molecule has 0 bridgehead atoms. The van der Waals surface area contributed by atoms with E-state index in [4.69, 9.17) is 9.84 Å². The smallest absolute Gasteiger partial charge is 0.157 e. The van der Waals surface area contributed by atoms with Gasteiger partial charge in [0.15, 0.2) is 11.5 Å². The zero-order valence-electron chi connectivity index (χ0n) is 12.3. The lowest BCUT2D eigenvalue weighted by molar-refractivity contribution is 0.0197. The van der Waals surface area contributed by atoms with Gasteiger partial charge in [-0.3, -0.25) is 0 Å². The number of aromatic hydroxyl groups is 4. The number of hydrogen-bond donors (Lipinski definition) is 6. The number of hydrogen-bond acceptors (Lipinski definition) is 7. The van der Waals surface area contributed by atoms with Crippen molar-refractivity contribution in [1.29, 1.82) is 0 Å². The molecule has 0 aliphatic carbocycles. The molecule has 6 N–H and O–H groups in total. The summed E-state index contributed by atoms with van der Waals surface area (Å²) in [6.07, 6.45) is -1.56. The van der Waals surface area contributed by atoms with Gasteiger partial charge in [0.1, 0.15) is 23.4 Å². The molecular weight excluding hydrogens is 304 g/mol. The fraction of sp³-hybridized carbons (Fsp3) is 0.250. The molecule has 0 saturated heterocycles. The van der Waals surface area contributed by atoms with Crippen LogP contribution in [0.4, 0.5) is 0 Å². The zero-order chi connectivity index (χ0) is 17.1. The minimum Gasteiger partial charge on any atom is -0.508 e. The van der Waals surface area contributed by atoms with Crippen molar-refractivity contribution < 1.29 is 35.4 Å². The Hall–Kier alpha value is -2.64. The maximum absolute atomic E-state index is 10.2. The lowest BCUT2D eigenvalue weighted by Gasteiger charge is -2.31. The molecule has 1 heterocycles. The van der Waals surface area contributed by atoms with Crippen LogP contribution < -0.4 is 4.74 Å². The van der Waals surface area contributed by atoms with Crippen LogP contribution in [0.1, 0.15) is 17.2 Å². The summed E-state index contributed by atoms with van der Waals surface area (Å²) >= 11 is 0. The van der Waals surface area contributed by atoms with Crippen molar-refractivity contribution >= 4 is 0 Å². The Bertz CT molecular complexity index is 699. The molecule has 0 radical (unpaired) electrons. The van der Waals surface area contributed by atoms with Gasteiger partial charge in [0.05, 0.1) is 6.10 Å². The summed E-state index contributed by atoms with van der Waals surface area (Å²) in [5, 5.41) is 55.3. The Morgan fingerprint density at radius 2 is 1.61 bits per heavy atom. The molecule has 7 nitrogen and oxygen atoms in total. The summed E-state index contributed by atoms with van der Waals surface area (Å²) in [5.41, 5.74) is 0.894. The summed E-state index contributed by atoms with van der Waals surface area (Å²) in [6, 6.07) is 6.67. The second-order valence-corrected chi connectivity index (χ2v) is 5.00. The van der Waals surface area contributed by atoms with E-state index in [1.165, 1.54) is 30.3 Å². The maximum atomic E-state index is 10.2. The first-order valence-electron chi connectivity index (χ1n) is 6.82. The Morgan fingerprint density at radius 1 is 0.913 bits per heavy atom. The van der Waals surface area contributed by atoms with E-state index < -0.39 is 12.2 Å². The third-order valence-electron chi connectivity index (χ3n) is 3.51. The minimum atomic E-state index is -0.933. The van der Waals surface area contributed by atoms with Crippen LogP contribution in [-0.4, -0.2) is 43.9 Å². The molecule has 0 aromatic heterocycles. The number of benzene rings is 2. The van der Waals surface area contributed by atoms with Gasteiger partial charge in [-0.15, -0.1) is 0 Å². The molecule has 2 aromatic rings. The molecule has 0 spiro atoms. The topological polar surface area (TPSA) is 131 Å². The average Bonchev–Trinajstić information content (AvgIpc) is 2.52. The highest BCUT2D eigenvalue weighted by Crippen LogP contribution is 2.42. The van der Waals surface area contributed by atoms with Crippen LogP contribution in [0.25, 0.3) is 0 Å². The van der Waals surface area contributed by atoms with Gasteiger partial charge in [-0.05, 0) is 17.7 Å². The normalized spacial score (nSPS) is 19.1. The van der Waals surface area contributed by atoms with Crippen molar-refractivity contribution in [3.8, 4) is 28.7 Å². The quantitative estimate of drug-likeness (QED) is 0.434. The van der Waals surface area contributed by atoms with Gasteiger partial charge in [-0.1, -0.05) is 6.07 Å². The van der Waals surface area contributed by atoms with E-state index >= 15 is 0 Å². The highest BCUT2D eigenvalue weighted by Gasteiger charge is 2.32. The first kappa shape index (κ1) is 16.7. The van der Waals surface area contributed by atoms with Crippen molar-refractivity contribution in [3.63, 3.8) is 0 Å². The number of phenols is 4. The molecule has 1 aliphatic rings. The van der Waals surface area contributed by atoms with Gasteiger partial charge in [0, 0.05) is 31.2 Å². The number of phenolic OH excluding ortho intramolecular Hbond substituents is 4. The van der Waals surface area contributed by atoms with Crippen LogP contribution in [0.2, 0.25) is 0 Å². The van der Waals surface area contributed by atoms with Crippen molar-refractivity contribution in [2.45, 2.75) is 18.6 Å². The van der Waals surface area contributed by atoms with E-state index in [2.05, 4.69) is 0 Å². The maximum Gasteiger partial charge on any atom is 0.157 e. The van der Waals surface area contributed by atoms with Crippen molar-refractivity contribution in [2.75, 3.05) is 7.11 Å². The van der Waals surface area contributed by atoms with Gasteiger partial charge in [-0.2, -0.15) is 0 Å². The van der Waals surface area contributed by atoms with E-state index in [1.807, 2.05) is 0 Å². The molecular formula is C16H18O7. The van der Waals surface area contributed by atoms with E-state index in [-0.39, 0.29) is 35.2 Å². The van der Waals surface area contributed by atoms with Crippen molar-refractivity contribution in [1.82, 2.24) is 0 Å². The van der Waals surface area contributed by atoms with Crippen LogP contribution in [0.3, 0.4) is 0 Å². The molecule has 0 fully saturated rings. The van der Waals surface area contributed by atoms with Crippen molar-refractivity contribution in [2.24, 2.45) is 0 Å². The average molecular weight is 322 g/mol. The van der Waals surface area contributed by atoms with Crippen LogP contribution in [0.5, 0.6) is 28.7 Å². The number of aliphatic hydroxyl groups excluding tert-OH is 2. The largest absolute Gasteiger partial charge is 0.508 e. The van der Waals surface area contributed by atoms with Gasteiger partial charge < -0.3 is 35.4 Å². The predicted molar refractivity (Wildman–Crippen MR) is 80.8 cm³/mol. The van der Waals surface area contributed by atoms with E-state index in [0.29, 0.717) is 11.1 Å². The van der Waals surface area contributed by atoms with E-state index in [0.717, 1.165) is 7.11 Å². The number of fused-ring (bicyclic) bond motifs is 1. The van der Waals surface area contributed by atoms with Crippen molar-refractivity contribution in [3.05, 3.63) is 41.5 Å². The van der Waals surface area contributed by atoms with Crippen LogP contribution in [0.15, 0.2) is 30.3 Å². The Kier molecular flexibility index (Phi) is 4.83. The van der Waals surface area contributed by atoms with Gasteiger partial charge in [0.2, 0.25) is 0 Å². The monoisotopic (exact) mass is 322 g/mol. The predicted octanol–water partition coefficient (Wildman–Crippen LogP) is 1.15. The molecule has 0 saturated carbocycles. The zero-order valence-corrected chi connectivity index (χ0v) is 12.3. The minimum absolute atomic E-state index is 0.143. The van der Waals surface area contributed by atoms with Gasteiger partial charge in [-0.25, -0.2) is 0 Å². The molecule has 7 heteroatoms.